The van der Waals surface area contributed by atoms with Gasteiger partial charge in [0.1, 0.15) is 12.6 Å². The minimum Gasteiger partial charge on any atom is -0.445 e. The third-order valence-corrected chi connectivity index (χ3v) is 3.74. The number of carbonyl (C=O) groups is 3. The standard InChI is InChI=1S/C19H18ClNO4/c20-12-17(22)18(23)16(11-14-7-3-1-4-8-14)21-19(24)25-13-15-9-5-2-6-10-15/h1-10,16H,11-13H2,(H,21,24). The maximum Gasteiger partial charge on any atom is 0.408 e. The summed E-state index contributed by atoms with van der Waals surface area (Å²) >= 11 is 5.46. The summed E-state index contributed by atoms with van der Waals surface area (Å²) in [6.07, 6.45) is -0.580. The molecule has 6 heteroatoms. The third-order valence-electron chi connectivity index (χ3n) is 3.50. The van der Waals surface area contributed by atoms with E-state index in [0.29, 0.717) is 0 Å². The number of ketones is 2. The number of carbonyl (C=O) groups excluding carboxylic acids is 3. The highest BCUT2D eigenvalue weighted by Crippen LogP contribution is 2.06. The largest absolute Gasteiger partial charge is 0.445 e. The first kappa shape index (κ1) is 18.7. The fraction of sp³-hybridized carbons (Fsp3) is 0.211. The van der Waals surface area contributed by atoms with Crippen molar-refractivity contribution >= 4 is 29.3 Å². The summed E-state index contributed by atoms with van der Waals surface area (Å²) in [7, 11) is 0. The normalized spacial score (nSPS) is 11.4. The van der Waals surface area contributed by atoms with Crippen molar-refractivity contribution in [3.63, 3.8) is 0 Å². The van der Waals surface area contributed by atoms with Crippen molar-refractivity contribution in [3.8, 4) is 0 Å². The summed E-state index contributed by atoms with van der Waals surface area (Å²) < 4.78 is 5.11. The van der Waals surface area contributed by atoms with Gasteiger partial charge in [-0.15, -0.1) is 11.6 Å². The van der Waals surface area contributed by atoms with Crippen LogP contribution in [0.4, 0.5) is 4.79 Å². The van der Waals surface area contributed by atoms with Crippen LogP contribution < -0.4 is 5.32 Å². The van der Waals surface area contributed by atoms with Crippen LogP contribution in [0.25, 0.3) is 0 Å². The molecule has 0 heterocycles. The van der Waals surface area contributed by atoms with Gasteiger partial charge >= 0.3 is 6.09 Å². The Bertz CT molecular complexity index is 719. The first-order valence-corrected chi connectivity index (χ1v) is 8.27. The van der Waals surface area contributed by atoms with Gasteiger partial charge in [-0.25, -0.2) is 4.79 Å². The molecule has 1 unspecified atom stereocenters. The minimum atomic E-state index is -1.02. The number of amides is 1. The molecule has 0 aliphatic carbocycles. The Morgan fingerprint density at radius 3 is 2.04 bits per heavy atom. The van der Waals surface area contributed by atoms with Crippen molar-refractivity contribution in [1.82, 2.24) is 5.32 Å². The van der Waals surface area contributed by atoms with Gasteiger partial charge in [0, 0.05) is 6.42 Å². The van der Waals surface area contributed by atoms with Gasteiger partial charge in [-0.1, -0.05) is 60.7 Å². The minimum absolute atomic E-state index is 0.0718. The van der Waals surface area contributed by atoms with Crippen molar-refractivity contribution in [2.45, 2.75) is 19.1 Å². The summed E-state index contributed by atoms with van der Waals surface area (Å²) in [4.78, 5) is 35.8. The van der Waals surface area contributed by atoms with E-state index >= 15 is 0 Å². The molecule has 0 aliphatic heterocycles. The zero-order valence-electron chi connectivity index (χ0n) is 13.5. The van der Waals surface area contributed by atoms with Crippen LogP contribution in [0.1, 0.15) is 11.1 Å². The molecule has 0 aromatic heterocycles. The molecule has 0 saturated carbocycles. The number of alkyl carbamates (subject to hydrolysis) is 1. The van der Waals surface area contributed by atoms with Crippen LogP contribution in [0.5, 0.6) is 0 Å². The van der Waals surface area contributed by atoms with E-state index in [9.17, 15) is 14.4 Å². The van der Waals surface area contributed by atoms with Crippen molar-refractivity contribution in [1.29, 1.82) is 0 Å². The Kier molecular flexibility index (Phi) is 7.16. The van der Waals surface area contributed by atoms with E-state index in [1.165, 1.54) is 0 Å². The number of hydrogen-bond acceptors (Lipinski definition) is 4. The van der Waals surface area contributed by atoms with Crippen LogP contribution in [-0.4, -0.2) is 29.6 Å². The highest BCUT2D eigenvalue weighted by atomic mass is 35.5. The molecule has 0 fully saturated rings. The van der Waals surface area contributed by atoms with Gasteiger partial charge in [0.15, 0.2) is 0 Å². The first-order chi connectivity index (χ1) is 12.1. The number of nitrogens with one attached hydrogen (secondary N) is 1. The van der Waals surface area contributed by atoms with Crippen LogP contribution in [-0.2, 0) is 27.4 Å². The van der Waals surface area contributed by atoms with Crippen LogP contribution in [0, 0.1) is 0 Å². The molecule has 25 heavy (non-hydrogen) atoms. The molecular weight excluding hydrogens is 342 g/mol. The number of benzene rings is 2. The molecule has 0 radical (unpaired) electrons. The molecule has 0 saturated heterocycles. The Morgan fingerprint density at radius 2 is 1.48 bits per heavy atom. The van der Waals surface area contributed by atoms with E-state index in [0.717, 1.165) is 11.1 Å². The molecule has 5 nitrogen and oxygen atoms in total. The monoisotopic (exact) mass is 359 g/mol. The number of halogens is 1. The van der Waals surface area contributed by atoms with Gasteiger partial charge in [0.25, 0.3) is 0 Å². The van der Waals surface area contributed by atoms with Crippen molar-refractivity contribution in [3.05, 3.63) is 71.8 Å². The third kappa shape index (κ3) is 6.04. The summed E-state index contributed by atoms with van der Waals surface area (Å²) in [6.45, 7) is 0.0718. The Hall–Kier alpha value is -2.66. The summed E-state index contributed by atoms with van der Waals surface area (Å²) in [5.74, 6) is -1.91. The molecule has 0 aliphatic rings. The second kappa shape index (κ2) is 9.59. The lowest BCUT2D eigenvalue weighted by Crippen LogP contribution is -2.45. The predicted octanol–water partition coefficient (Wildman–Crippen LogP) is 2.90. The fourth-order valence-corrected chi connectivity index (χ4v) is 2.36. The lowest BCUT2D eigenvalue weighted by molar-refractivity contribution is -0.136. The molecular formula is C19H18ClNO4. The average Bonchev–Trinajstić information content (AvgIpc) is 2.66. The van der Waals surface area contributed by atoms with Crippen LogP contribution in [0.2, 0.25) is 0 Å². The molecule has 1 N–H and O–H groups in total. The predicted molar refractivity (Wildman–Crippen MR) is 94.4 cm³/mol. The van der Waals surface area contributed by atoms with Gasteiger partial charge < -0.3 is 10.1 Å². The Labute approximate surface area is 150 Å². The molecule has 130 valence electrons. The van der Waals surface area contributed by atoms with E-state index in [-0.39, 0.29) is 13.0 Å². The average molecular weight is 360 g/mol. The van der Waals surface area contributed by atoms with E-state index in [2.05, 4.69) is 5.32 Å². The summed E-state index contributed by atoms with van der Waals surface area (Å²) in [5, 5.41) is 2.46. The van der Waals surface area contributed by atoms with Gasteiger partial charge in [-0.3, -0.25) is 9.59 Å². The van der Waals surface area contributed by atoms with Crippen molar-refractivity contribution in [2.75, 3.05) is 5.88 Å². The summed E-state index contributed by atoms with van der Waals surface area (Å²) in [5.41, 5.74) is 1.63. The maximum absolute atomic E-state index is 12.2. The SMILES string of the molecule is O=C(NC(Cc1ccccc1)C(=O)C(=O)CCl)OCc1ccccc1. The smallest absolute Gasteiger partial charge is 0.408 e. The number of hydrogen-bond donors (Lipinski definition) is 1. The lowest BCUT2D eigenvalue weighted by Gasteiger charge is -2.17. The highest BCUT2D eigenvalue weighted by Gasteiger charge is 2.26. The molecule has 1 amide bonds. The van der Waals surface area contributed by atoms with E-state index in [1.54, 1.807) is 0 Å². The molecule has 2 rings (SSSR count). The van der Waals surface area contributed by atoms with Gasteiger partial charge in [-0.2, -0.15) is 0 Å². The van der Waals surface area contributed by atoms with Gasteiger partial charge in [0.05, 0.1) is 5.88 Å². The van der Waals surface area contributed by atoms with Crippen LogP contribution in [0.3, 0.4) is 0 Å². The zero-order chi connectivity index (χ0) is 18.1. The topological polar surface area (TPSA) is 72.5 Å². The molecule has 1 atom stereocenters. The molecule has 0 bridgehead atoms. The number of rotatable bonds is 8. The van der Waals surface area contributed by atoms with Gasteiger partial charge in [-0.05, 0) is 11.1 Å². The first-order valence-electron chi connectivity index (χ1n) is 7.74. The molecule has 2 aromatic rings. The van der Waals surface area contributed by atoms with Crippen LogP contribution >= 0.6 is 11.6 Å². The fourth-order valence-electron chi connectivity index (χ4n) is 2.23. The second-order valence-electron chi connectivity index (χ2n) is 5.37. The maximum atomic E-state index is 12.2. The highest BCUT2D eigenvalue weighted by molar-refractivity contribution is 6.48. The second-order valence-corrected chi connectivity index (χ2v) is 5.64. The number of Topliss-reactive ketones (excluding diaryl/α,β-unsaturated/α-hetero) is 2. The van der Waals surface area contributed by atoms with Crippen LogP contribution in [0.15, 0.2) is 60.7 Å². The Balaban J connectivity index is 2.00. The zero-order valence-corrected chi connectivity index (χ0v) is 14.2. The van der Waals surface area contributed by atoms with Gasteiger partial charge in [0.2, 0.25) is 11.6 Å². The van der Waals surface area contributed by atoms with Crippen molar-refractivity contribution < 1.29 is 19.1 Å². The van der Waals surface area contributed by atoms with E-state index in [4.69, 9.17) is 16.3 Å². The molecule has 2 aromatic carbocycles. The number of ether oxygens (including phenoxy) is 1. The van der Waals surface area contributed by atoms with E-state index in [1.807, 2.05) is 60.7 Å². The van der Waals surface area contributed by atoms with E-state index < -0.39 is 29.6 Å². The Morgan fingerprint density at radius 1 is 0.920 bits per heavy atom. The number of alkyl halides is 1. The molecule has 0 spiro atoms. The van der Waals surface area contributed by atoms with Crippen molar-refractivity contribution in [2.24, 2.45) is 0 Å². The quantitative estimate of drug-likeness (QED) is 0.581. The summed E-state index contributed by atoms with van der Waals surface area (Å²) in [6, 6.07) is 17.2. The lowest BCUT2D eigenvalue weighted by atomic mass is 10.0.